The second kappa shape index (κ2) is 7.99. The van der Waals surface area contributed by atoms with Gasteiger partial charge < -0.3 is 24.8 Å². The van der Waals surface area contributed by atoms with E-state index in [1.165, 1.54) is 0 Å². The van der Waals surface area contributed by atoms with Crippen LogP contribution in [0.4, 0.5) is 0 Å². The van der Waals surface area contributed by atoms with Crippen LogP contribution in [0.15, 0.2) is 0 Å². The Morgan fingerprint density at radius 1 is 1.00 bits per heavy atom. The lowest BCUT2D eigenvalue weighted by Gasteiger charge is -2.14. The second-order valence-corrected chi connectivity index (χ2v) is 3.37. The molecule has 7 heteroatoms. The molecule has 0 aliphatic carbocycles. The first-order valence-corrected chi connectivity index (χ1v) is 5.34. The minimum atomic E-state index is -1.72. The number of esters is 2. The van der Waals surface area contributed by atoms with Crippen LogP contribution in [0.3, 0.4) is 0 Å². The van der Waals surface area contributed by atoms with E-state index >= 15 is 0 Å². The molecule has 0 aliphatic rings. The fourth-order valence-electron chi connectivity index (χ4n) is 0.820. The van der Waals surface area contributed by atoms with Crippen molar-refractivity contribution in [2.45, 2.75) is 51.8 Å². The predicted octanol–water partition coefficient (Wildman–Crippen LogP) is -0.719. The van der Waals surface area contributed by atoms with Gasteiger partial charge >= 0.3 is 11.9 Å². The highest BCUT2D eigenvalue weighted by molar-refractivity contribution is 5.81. The van der Waals surface area contributed by atoms with Crippen LogP contribution >= 0.6 is 0 Å². The average Bonchev–Trinajstić information content (AvgIpc) is 2.28. The summed E-state index contributed by atoms with van der Waals surface area (Å²) in [5.74, 6) is -2.03. The first-order chi connectivity index (χ1) is 7.90. The third-order valence-electron chi connectivity index (χ3n) is 1.85. The molecule has 0 aromatic heterocycles. The normalized spacial score (nSPS) is 15.8. The van der Waals surface area contributed by atoms with Crippen LogP contribution in [0.25, 0.3) is 0 Å². The summed E-state index contributed by atoms with van der Waals surface area (Å²) in [4.78, 5) is 22.2. The van der Waals surface area contributed by atoms with Crippen molar-refractivity contribution in [3.63, 3.8) is 0 Å². The molecule has 0 amide bonds. The van der Waals surface area contributed by atoms with Gasteiger partial charge in [0.15, 0.2) is 18.7 Å². The maximum Gasteiger partial charge on any atom is 0.337 e. The molecule has 100 valence electrons. The minimum Gasteiger partial charge on any atom is -0.436 e. The number of carbonyl (C=O) groups excluding carboxylic acids is 2. The van der Waals surface area contributed by atoms with Crippen molar-refractivity contribution in [1.82, 2.24) is 0 Å². The largest absolute Gasteiger partial charge is 0.436 e. The van der Waals surface area contributed by atoms with Crippen molar-refractivity contribution in [3.8, 4) is 0 Å². The van der Waals surface area contributed by atoms with E-state index in [-0.39, 0.29) is 12.8 Å². The van der Waals surface area contributed by atoms with Gasteiger partial charge in [-0.05, 0) is 0 Å². The second-order valence-electron chi connectivity index (χ2n) is 3.37. The Kier molecular flexibility index (Phi) is 7.44. The summed E-state index contributed by atoms with van der Waals surface area (Å²) in [6, 6.07) is 0. The summed E-state index contributed by atoms with van der Waals surface area (Å²) in [5.41, 5.74) is 0. The van der Waals surface area contributed by atoms with Crippen molar-refractivity contribution in [1.29, 1.82) is 0 Å². The van der Waals surface area contributed by atoms with Crippen LogP contribution in [0.2, 0.25) is 0 Å². The lowest BCUT2D eigenvalue weighted by atomic mass is 10.2. The molecule has 0 saturated heterocycles. The maximum atomic E-state index is 11.1. The fourth-order valence-corrected chi connectivity index (χ4v) is 0.820. The molecule has 0 aromatic rings. The summed E-state index contributed by atoms with van der Waals surface area (Å²) in [6.07, 6.45) is -4.53. The third kappa shape index (κ3) is 6.88. The van der Waals surface area contributed by atoms with Crippen LogP contribution in [-0.4, -0.2) is 45.9 Å². The Hall–Kier alpha value is -1.18. The third-order valence-corrected chi connectivity index (χ3v) is 1.85. The Morgan fingerprint density at radius 3 is 1.94 bits per heavy atom. The summed E-state index contributed by atoms with van der Waals surface area (Å²) < 4.78 is 8.83. The average molecular weight is 250 g/mol. The van der Waals surface area contributed by atoms with E-state index in [9.17, 15) is 14.7 Å². The molecule has 3 atom stereocenters. The molecular formula is C10H18O7. The van der Waals surface area contributed by atoms with Gasteiger partial charge in [-0.25, -0.2) is 4.79 Å². The van der Waals surface area contributed by atoms with Gasteiger partial charge in [-0.3, -0.25) is 4.79 Å². The molecule has 3 unspecified atom stereocenters. The van der Waals surface area contributed by atoms with E-state index in [1.807, 2.05) is 0 Å². The molecule has 0 aromatic carbocycles. The van der Waals surface area contributed by atoms with Gasteiger partial charge in [0.05, 0.1) is 6.42 Å². The number of hydrogen-bond donors (Lipinski definition) is 3. The lowest BCUT2D eigenvalue weighted by Crippen LogP contribution is -2.31. The standard InChI is InChI=1S/C10H18O7/c1-3-7(12)16-9(14)5-6(11)10(15)17-8(13)4-2/h6-8,11-13H,3-5H2,1-2H3. The first kappa shape index (κ1) is 15.8. The van der Waals surface area contributed by atoms with Crippen molar-refractivity contribution in [3.05, 3.63) is 0 Å². The number of hydrogen-bond acceptors (Lipinski definition) is 7. The first-order valence-electron chi connectivity index (χ1n) is 5.34. The topological polar surface area (TPSA) is 113 Å². The van der Waals surface area contributed by atoms with Gasteiger partial charge in [0.1, 0.15) is 0 Å². The van der Waals surface area contributed by atoms with Crippen molar-refractivity contribution < 1.29 is 34.4 Å². The van der Waals surface area contributed by atoms with Crippen LogP contribution in [-0.2, 0) is 19.1 Å². The molecule has 0 saturated carbocycles. The molecule has 0 heterocycles. The van der Waals surface area contributed by atoms with Gasteiger partial charge in [-0.1, -0.05) is 13.8 Å². The molecule has 0 fully saturated rings. The molecule has 0 rings (SSSR count). The van der Waals surface area contributed by atoms with E-state index in [2.05, 4.69) is 9.47 Å². The van der Waals surface area contributed by atoms with E-state index < -0.39 is 37.0 Å². The molecule has 7 nitrogen and oxygen atoms in total. The molecule has 0 aliphatic heterocycles. The monoisotopic (exact) mass is 250 g/mol. The van der Waals surface area contributed by atoms with Crippen molar-refractivity contribution >= 4 is 11.9 Å². The predicted molar refractivity (Wildman–Crippen MR) is 55.4 cm³/mol. The molecule has 0 bridgehead atoms. The molecule has 3 N–H and O–H groups in total. The molecule has 0 spiro atoms. The van der Waals surface area contributed by atoms with Crippen LogP contribution in [0, 0.1) is 0 Å². The van der Waals surface area contributed by atoms with E-state index in [0.29, 0.717) is 0 Å². The maximum absolute atomic E-state index is 11.1. The van der Waals surface area contributed by atoms with Gasteiger partial charge in [0.25, 0.3) is 0 Å². The van der Waals surface area contributed by atoms with Crippen LogP contribution < -0.4 is 0 Å². The minimum absolute atomic E-state index is 0.178. The summed E-state index contributed by atoms with van der Waals surface area (Å²) in [5, 5.41) is 27.2. The number of aliphatic hydroxyl groups is 3. The lowest BCUT2D eigenvalue weighted by molar-refractivity contribution is -0.184. The number of ether oxygens (including phenoxy) is 2. The van der Waals surface area contributed by atoms with Crippen molar-refractivity contribution in [2.75, 3.05) is 0 Å². The zero-order valence-electron chi connectivity index (χ0n) is 9.83. The van der Waals surface area contributed by atoms with Crippen LogP contribution in [0.1, 0.15) is 33.1 Å². The van der Waals surface area contributed by atoms with Crippen LogP contribution in [0.5, 0.6) is 0 Å². The summed E-state index contributed by atoms with van der Waals surface area (Å²) in [7, 11) is 0. The number of aliphatic hydroxyl groups excluding tert-OH is 3. The summed E-state index contributed by atoms with van der Waals surface area (Å²) in [6.45, 7) is 3.18. The van der Waals surface area contributed by atoms with Gasteiger partial charge in [0, 0.05) is 12.8 Å². The van der Waals surface area contributed by atoms with Gasteiger partial charge in [-0.2, -0.15) is 0 Å². The quantitative estimate of drug-likeness (QED) is 0.403. The van der Waals surface area contributed by atoms with Gasteiger partial charge in [0.2, 0.25) is 0 Å². The number of carbonyl (C=O) groups is 2. The Balaban J connectivity index is 4.03. The Bertz CT molecular complexity index is 253. The van der Waals surface area contributed by atoms with E-state index in [1.54, 1.807) is 13.8 Å². The fraction of sp³-hybridized carbons (Fsp3) is 0.800. The zero-order chi connectivity index (χ0) is 13.4. The number of rotatable bonds is 7. The molecule has 0 radical (unpaired) electrons. The molecular weight excluding hydrogens is 232 g/mol. The highest BCUT2D eigenvalue weighted by Gasteiger charge is 2.24. The van der Waals surface area contributed by atoms with E-state index in [4.69, 9.17) is 10.2 Å². The zero-order valence-corrected chi connectivity index (χ0v) is 9.83. The smallest absolute Gasteiger partial charge is 0.337 e. The van der Waals surface area contributed by atoms with E-state index in [0.717, 1.165) is 0 Å². The van der Waals surface area contributed by atoms with Crippen molar-refractivity contribution in [2.24, 2.45) is 0 Å². The van der Waals surface area contributed by atoms with Gasteiger partial charge in [-0.15, -0.1) is 0 Å². The highest BCUT2D eigenvalue weighted by Crippen LogP contribution is 2.03. The SMILES string of the molecule is CCC(O)OC(=O)CC(O)C(=O)OC(O)CC. The summed E-state index contributed by atoms with van der Waals surface area (Å²) >= 11 is 0. The molecule has 17 heavy (non-hydrogen) atoms. The Morgan fingerprint density at radius 2 is 1.47 bits per heavy atom. The highest BCUT2D eigenvalue weighted by atomic mass is 16.6. The Labute approximate surface area is 99.0 Å².